The van der Waals surface area contributed by atoms with E-state index < -0.39 is 34.6 Å². The molecule has 0 aromatic rings. The number of hydrogen-bond acceptors (Lipinski definition) is 6. The second-order valence-electron chi connectivity index (χ2n) is 8.13. The molecule has 6 atom stereocenters. The van der Waals surface area contributed by atoms with Gasteiger partial charge in [0.05, 0.1) is 0 Å². The van der Waals surface area contributed by atoms with Gasteiger partial charge in [-0.15, -0.1) is 0 Å². The summed E-state index contributed by atoms with van der Waals surface area (Å²) in [7, 11) is 0. The van der Waals surface area contributed by atoms with E-state index in [0.29, 0.717) is 39.3 Å². The molecule has 0 aromatic carbocycles. The lowest BCUT2D eigenvalue weighted by atomic mass is 9.51. The number of aliphatic hydroxyl groups excluding tert-OH is 2. The quantitative estimate of drug-likeness (QED) is 0.683. The Hall–Kier alpha value is -0.240. The zero-order valence-electron chi connectivity index (χ0n) is 14.2. The molecule has 6 nitrogen and oxygen atoms in total. The van der Waals surface area contributed by atoms with Crippen molar-refractivity contribution in [3.63, 3.8) is 0 Å². The van der Waals surface area contributed by atoms with Gasteiger partial charge in [-0.05, 0) is 51.4 Å². The highest BCUT2D eigenvalue weighted by atomic mass is 16.6. The third-order valence-corrected chi connectivity index (χ3v) is 7.42. The monoisotopic (exact) mass is 340 g/mol. The smallest absolute Gasteiger partial charge is 0.131 e. The fraction of sp³-hybridized carbons (Fsp3) is 1.00. The Morgan fingerprint density at radius 2 is 0.917 bits per heavy atom. The fourth-order valence-electron chi connectivity index (χ4n) is 6.68. The summed E-state index contributed by atoms with van der Waals surface area (Å²) in [5, 5.41) is 22.5. The van der Waals surface area contributed by atoms with E-state index in [9.17, 15) is 10.2 Å². The minimum absolute atomic E-state index is 0.596. The molecule has 0 radical (unpaired) electrons. The van der Waals surface area contributed by atoms with Crippen molar-refractivity contribution in [1.82, 2.24) is 0 Å². The van der Waals surface area contributed by atoms with Crippen LogP contribution in [0.4, 0.5) is 0 Å². The number of aliphatic hydroxyl groups is 2. The van der Waals surface area contributed by atoms with Gasteiger partial charge in [-0.1, -0.05) is 0 Å². The maximum atomic E-state index is 11.2. The molecular weight excluding hydrogens is 312 g/mol. The maximum absolute atomic E-state index is 11.2. The molecule has 4 saturated heterocycles. The van der Waals surface area contributed by atoms with Crippen LogP contribution in [0.25, 0.3) is 0 Å². The minimum Gasteiger partial charge on any atom is -0.387 e. The molecule has 0 amide bonds. The molecule has 5 aliphatic rings. The molecule has 136 valence electrons. The Kier molecular flexibility index (Phi) is 3.42. The number of ether oxygens (including phenoxy) is 4. The molecule has 5 rings (SSSR count). The Balaban J connectivity index is 1.75. The highest BCUT2D eigenvalue weighted by Crippen LogP contribution is 2.66. The first-order valence-electron chi connectivity index (χ1n) is 9.56. The van der Waals surface area contributed by atoms with E-state index in [-0.39, 0.29) is 0 Å². The van der Waals surface area contributed by atoms with E-state index >= 15 is 0 Å². The van der Waals surface area contributed by atoms with Crippen LogP contribution in [-0.2, 0) is 18.9 Å². The van der Waals surface area contributed by atoms with Crippen LogP contribution in [0.2, 0.25) is 0 Å². The highest BCUT2D eigenvalue weighted by Gasteiger charge is 2.83. The minimum atomic E-state index is -1.01. The van der Waals surface area contributed by atoms with Crippen LogP contribution in [-0.4, -0.2) is 71.3 Å². The van der Waals surface area contributed by atoms with Crippen molar-refractivity contribution in [2.45, 2.75) is 86.0 Å². The van der Waals surface area contributed by atoms with Crippen molar-refractivity contribution in [2.75, 3.05) is 26.4 Å². The third kappa shape index (κ3) is 1.51. The molecule has 24 heavy (non-hydrogen) atoms. The zero-order chi connectivity index (χ0) is 16.5. The number of rotatable bonds is 0. The van der Waals surface area contributed by atoms with Gasteiger partial charge in [0.15, 0.2) is 0 Å². The number of hydrogen-bond donors (Lipinski definition) is 2. The Morgan fingerprint density at radius 3 is 1.21 bits per heavy atom. The van der Waals surface area contributed by atoms with Gasteiger partial charge in [-0.2, -0.15) is 0 Å². The van der Waals surface area contributed by atoms with Gasteiger partial charge < -0.3 is 29.2 Å². The molecule has 1 saturated carbocycles. The predicted octanol–water partition coefficient (Wildman–Crippen LogP) is 0.919. The SMILES string of the molecule is O[C@@H]1[C@H](O)[C@@]2(CCCO2)[C@]2(CCCO2)[C@@]2(CCCO2)[C@]12CCCO2. The summed E-state index contributed by atoms with van der Waals surface area (Å²) in [5.41, 5.74) is -3.22. The van der Waals surface area contributed by atoms with Gasteiger partial charge in [0, 0.05) is 26.4 Å². The third-order valence-electron chi connectivity index (χ3n) is 7.42. The lowest BCUT2D eigenvalue weighted by Crippen LogP contribution is -2.86. The Labute approximate surface area is 142 Å². The van der Waals surface area contributed by atoms with Crippen molar-refractivity contribution >= 4 is 0 Å². The molecular formula is C18H28O6. The fourth-order valence-corrected chi connectivity index (χ4v) is 6.68. The van der Waals surface area contributed by atoms with Gasteiger partial charge in [0.2, 0.25) is 0 Å². The molecule has 4 aliphatic heterocycles. The van der Waals surface area contributed by atoms with E-state index in [1.54, 1.807) is 0 Å². The summed E-state index contributed by atoms with van der Waals surface area (Å²) < 4.78 is 25.4. The van der Waals surface area contributed by atoms with Crippen molar-refractivity contribution in [3.8, 4) is 0 Å². The molecule has 4 spiro atoms. The van der Waals surface area contributed by atoms with E-state index in [2.05, 4.69) is 0 Å². The van der Waals surface area contributed by atoms with Crippen molar-refractivity contribution in [2.24, 2.45) is 0 Å². The molecule has 2 N–H and O–H groups in total. The Bertz CT molecular complexity index is 450. The normalized spacial score (nSPS) is 57.2. The average molecular weight is 340 g/mol. The van der Waals surface area contributed by atoms with Gasteiger partial charge in [-0.25, -0.2) is 0 Å². The second-order valence-corrected chi connectivity index (χ2v) is 8.13. The van der Waals surface area contributed by atoms with E-state index in [0.717, 1.165) is 38.5 Å². The predicted molar refractivity (Wildman–Crippen MR) is 83.7 cm³/mol. The first-order chi connectivity index (χ1) is 11.6. The zero-order valence-corrected chi connectivity index (χ0v) is 14.2. The van der Waals surface area contributed by atoms with Crippen LogP contribution < -0.4 is 0 Å². The lowest BCUT2D eigenvalue weighted by molar-refractivity contribution is -0.382. The van der Waals surface area contributed by atoms with Crippen LogP contribution in [0.15, 0.2) is 0 Å². The lowest BCUT2D eigenvalue weighted by Gasteiger charge is -2.66. The van der Waals surface area contributed by atoms with Crippen molar-refractivity contribution in [1.29, 1.82) is 0 Å². The second kappa shape index (κ2) is 5.15. The largest absolute Gasteiger partial charge is 0.387 e. The van der Waals surface area contributed by atoms with Gasteiger partial charge in [0.25, 0.3) is 0 Å². The maximum Gasteiger partial charge on any atom is 0.131 e. The molecule has 4 heterocycles. The summed E-state index contributed by atoms with van der Waals surface area (Å²) in [6, 6.07) is 0. The molecule has 6 heteroatoms. The van der Waals surface area contributed by atoms with Gasteiger partial charge in [-0.3, -0.25) is 0 Å². The number of fused-ring (bicyclic) bond motifs is 3. The van der Waals surface area contributed by atoms with Gasteiger partial charge >= 0.3 is 0 Å². The summed E-state index contributed by atoms with van der Waals surface area (Å²) in [6.07, 6.45) is 4.57. The van der Waals surface area contributed by atoms with Crippen LogP contribution in [0.3, 0.4) is 0 Å². The highest BCUT2D eigenvalue weighted by molar-refractivity contribution is 5.33. The molecule has 5 fully saturated rings. The van der Waals surface area contributed by atoms with E-state index in [4.69, 9.17) is 18.9 Å². The van der Waals surface area contributed by atoms with E-state index in [1.807, 2.05) is 0 Å². The van der Waals surface area contributed by atoms with Crippen LogP contribution in [0.1, 0.15) is 51.4 Å². The van der Waals surface area contributed by atoms with Crippen molar-refractivity contribution in [3.05, 3.63) is 0 Å². The van der Waals surface area contributed by atoms with Crippen LogP contribution >= 0.6 is 0 Å². The first kappa shape index (κ1) is 16.0. The van der Waals surface area contributed by atoms with Gasteiger partial charge in [0.1, 0.15) is 34.6 Å². The Morgan fingerprint density at radius 1 is 0.542 bits per heavy atom. The standard InChI is InChI=1S/C18H28O6/c19-13-14(20)16(6-2-10-22-16)18(8-4-12-24-18)17(7-3-11-23-17)15(13)5-1-9-21-15/h13-14,19-20H,1-12H2/t13-,14+,15-,16-,17+,18+/m0/s1. The topological polar surface area (TPSA) is 77.4 Å². The molecule has 0 bridgehead atoms. The summed E-state index contributed by atoms with van der Waals surface area (Å²) in [6.45, 7) is 2.49. The first-order valence-corrected chi connectivity index (χ1v) is 9.56. The summed E-state index contributed by atoms with van der Waals surface area (Å²) in [4.78, 5) is 0. The average Bonchev–Trinajstić information content (AvgIpc) is 3.40. The van der Waals surface area contributed by atoms with Crippen LogP contribution in [0, 0.1) is 0 Å². The summed E-state index contributed by atoms with van der Waals surface area (Å²) >= 11 is 0. The molecule has 0 unspecified atom stereocenters. The van der Waals surface area contributed by atoms with Crippen molar-refractivity contribution < 1.29 is 29.2 Å². The molecule has 0 aromatic heterocycles. The van der Waals surface area contributed by atoms with Crippen LogP contribution in [0.5, 0.6) is 0 Å². The molecule has 1 aliphatic carbocycles. The van der Waals surface area contributed by atoms with E-state index in [1.165, 1.54) is 0 Å². The summed E-state index contributed by atoms with van der Waals surface area (Å²) in [5.74, 6) is 0.